The van der Waals surface area contributed by atoms with Gasteiger partial charge in [-0.25, -0.2) is 4.98 Å². The van der Waals surface area contributed by atoms with Crippen LogP contribution >= 0.6 is 0 Å². The summed E-state index contributed by atoms with van der Waals surface area (Å²) in [5, 5.41) is 0. The monoisotopic (exact) mass is 334 g/mol. The third-order valence-corrected chi connectivity index (χ3v) is 4.01. The Morgan fingerprint density at radius 1 is 0.960 bits per heavy atom. The Labute approximate surface area is 148 Å². The van der Waals surface area contributed by atoms with E-state index in [1.807, 2.05) is 59.5 Å². The van der Waals surface area contributed by atoms with Gasteiger partial charge in [-0.15, -0.1) is 0 Å². The minimum atomic E-state index is 0.364. The van der Waals surface area contributed by atoms with Crippen molar-refractivity contribution >= 4 is 17.2 Å². The first-order chi connectivity index (χ1) is 12.2. The van der Waals surface area contributed by atoms with Crippen molar-refractivity contribution in [1.29, 1.82) is 0 Å². The highest BCUT2D eigenvalue weighted by molar-refractivity contribution is 5.74. The maximum Gasteiger partial charge on any atom is 0.248 e. The summed E-state index contributed by atoms with van der Waals surface area (Å²) < 4.78 is 5.88. The maximum absolute atomic E-state index is 6.31. The molecule has 0 unspecified atom stereocenters. The number of aryl methyl sites for hydroxylation is 1. The van der Waals surface area contributed by atoms with E-state index >= 15 is 0 Å². The Morgan fingerprint density at radius 3 is 2.32 bits per heavy atom. The molecule has 0 atom stereocenters. The van der Waals surface area contributed by atoms with Crippen LogP contribution in [0.2, 0.25) is 0 Å². The zero-order valence-corrected chi connectivity index (χ0v) is 14.5. The van der Waals surface area contributed by atoms with Gasteiger partial charge in [0.25, 0.3) is 0 Å². The molecule has 25 heavy (non-hydrogen) atoms. The Hall–Kier alpha value is -3.08. The predicted molar refractivity (Wildman–Crippen MR) is 101 cm³/mol. The van der Waals surface area contributed by atoms with Gasteiger partial charge in [-0.2, -0.15) is 4.98 Å². The molecule has 0 aliphatic carbocycles. The fourth-order valence-corrected chi connectivity index (χ4v) is 2.63. The van der Waals surface area contributed by atoms with Crippen molar-refractivity contribution < 1.29 is 4.74 Å². The molecule has 3 rings (SSSR count). The second-order valence-electron chi connectivity index (χ2n) is 5.60. The molecular weight excluding hydrogens is 312 g/mol. The van der Waals surface area contributed by atoms with Gasteiger partial charge in [0.05, 0.1) is 0 Å². The minimum absolute atomic E-state index is 0.364. The number of nitrogens with zero attached hydrogens (tertiary/aromatic N) is 3. The van der Waals surface area contributed by atoms with Gasteiger partial charge in [0.2, 0.25) is 5.88 Å². The van der Waals surface area contributed by atoms with Crippen LogP contribution < -0.4 is 15.4 Å². The lowest BCUT2D eigenvalue weighted by Gasteiger charge is -2.23. The van der Waals surface area contributed by atoms with Gasteiger partial charge < -0.3 is 15.4 Å². The Kier molecular flexibility index (Phi) is 5.14. The zero-order chi connectivity index (χ0) is 17.6. The molecule has 5 nitrogen and oxygen atoms in total. The van der Waals surface area contributed by atoms with E-state index in [4.69, 9.17) is 10.5 Å². The van der Waals surface area contributed by atoms with Crippen LogP contribution in [-0.2, 0) is 6.42 Å². The first kappa shape index (κ1) is 16.8. The summed E-state index contributed by atoms with van der Waals surface area (Å²) in [6.07, 6.45) is 2.47. The second kappa shape index (κ2) is 7.66. The van der Waals surface area contributed by atoms with E-state index in [-0.39, 0.29) is 0 Å². The van der Waals surface area contributed by atoms with Gasteiger partial charge in [-0.1, -0.05) is 37.3 Å². The van der Waals surface area contributed by atoms with Crippen molar-refractivity contribution in [2.45, 2.75) is 20.3 Å². The third kappa shape index (κ3) is 3.71. The standard InChI is InChI=1S/C20H22N4O/c1-3-15-10-12-17(13-11-15)25-20-18(21)19(22-14-23-20)24(4-2)16-8-6-5-7-9-16/h5-14H,3-4,21H2,1-2H3. The summed E-state index contributed by atoms with van der Waals surface area (Å²) in [5.74, 6) is 1.71. The number of hydrogen-bond donors (Lipinski definition) is 1. The van der Waals surface area contributed by atoms with Gasteiger partial charge in [-0.3, -0.25) is 0 Å². The number of nitrogen functional groups attached to an aromatic ring is 1. The molecule has 0 bridgehead atoms. The van der Waals surface area contributed by atoms with E-state index in [0.717, 1.165) is 18.7 Å². The van der Waals surface area contributed by atoms with Crippen LogP contribution in [0.4, 0.5) is 17.2 Å². The number of rotatable bonds is 6. The van der Waals surface area contributed by atoms with Crippen LogP contribution in [0.1, 0.15) is 19.4 Å². The number of benzene rings is 2. The van der Waals surface area contributed by atoms with Crippen LogP contribution in [-0.4, -0.2) is 16.5 Å². The molecule has 5 heteroatoms. The van der Waals surface area contributed by atoms with Crippen LogP contribution in [0.15, 0.2) is 60.9 Å². The molecule has 0 radical (unpaired) electrons. The Bertz CT molecular complexity index is 819. The summed E-state index contributed by atoms with van der Waals surface area (Å²) >= 11 is 0. The molecule has 0 amide bonds. The van der Waals surface area contributed by atoms with E-state index in [0.29, 0.717) is 23.1 Å². The molecular formula is C20H22N4O. The molecule has 0 aliphatic heterocycles. The molecule has 0 fully saturated rings. The highest BCUT2D eigenvalue weighted by Crippen LogP contribution is 2.34. The fourth-order valence-electron chi connectivity index (χ4n) is 2.63. The highest BCUT2D eigenvalue weighted by atomic mass is 16.5. The number of para-hydroxylation sites is 1. The normalized spacial score (nSPS) is 10.5. The van der Waals surface area contributed by atoms with E-state index in [2.05, 4.69) is 23.8 Å². The number of nitrogens with two attached hydrogens (primary N) is 1. The summed E-state index contributed by atoms with van der Waals surface area (Å²) in [7, 11) is 0. The molecule has 0 saturated heterocycles. The molecule has 2 N–H and O–H groups in total. The fraction of sp³-hybridized carbons (Fsp3) is 0.200. The molecule has 1 aromatic heterocycles. The van der Waals surface area contributed by atoms with Gasteiger partial charge in [0.1, 0.15) is 17.8 Å². The first-order valence-electron chi connectivity index (χ1n) is 8.42. The van der Waals surface area contributed by atoms with Crippen molar-refractivity contribution in [3.63, 3.8) is 0 Å². The van der Waals surface area contributed by atoms with E-state index < -0.39 is 0 Å². The Balaban J connectivity index is 1.91. The molecule has 0 saturated carbocycles. The molecule has 3 aromatic rings. The smallest absolute Gasteiger partial charge is 0.248 e. The van der Waals surface area contributed by atoms with Crippen molar-refractivity contribution in [2.24, 2.45) is 0 Å². The molecule has 2 aromatic carbocycles. The minimum Gasteiger partial charge on any atom is -0.437 e. The Morgan fingerprint density at radius 2 is 1.68 bits per heavy atom. The predicted octanol–water partition coefficient (Wildman–Crippen LogP) is 4.57. The van der Waals surface area contributed by atoms with Gasteiger partial charge >= 0.3 is 0 Å². The van der Waals surface area contributed by atoms with Crippen molar-refractivity contribution in [3.8, 4) is 11.6 Å². The highest BCUT2D eigenvalue weighted by Gasteiger charge is 2.16. The largest absolute Gasteiger partial charge is 0.437 e. The average Bonchev–Trinajstić information content (AvgIpc) is 2.67. The molecule has 128 valence electrons. The van der Waals surface area contributed by atoms with Gasteiger partial charge in [-0.05, 0) is 43.2 Å². The summed E-state index contributed by atoms with van der Waals surface area (Å²) in [4.78, 5) is 10.6. The van der Waals surface area contributed by atoms with Crippen LogP contribution in [0.3, 0.4) is 0 Å². The SMILES string of the molecule is CCc1ccc(Oc2ncnc(N(CC)c3ccccc3)c2N)cc1. The zero-order valence-electron chi connectivity index (χ0n) is 14.5. The molecule has 1 heterocycles. The first-order valence-corrected chi connectivity index (χ1v) is 8.42. The van der Waals surface area contributed by atoms with E-state index in [1.54, 1.807) is 0 Å². The molecule has 0 spiro atoms. The van der Waals surface area contributed by atoms with Crippen LogP contribution in [0.5, 0.6) is 11.6 Å². The maximum atomic E-state index is 6.31. The quantitative estimate of drug-likeness (QED) is 0.715. The van der Waals surface area contributed by atoms with Crippen molar-refractivity contribution in [1.82, 2.24) is 9.97 Å². The lowest BCUT2D eigenvalue weighted by atomic mass is 10.2. The van der Waals surface area contributed by atoms with E-state index in [1.165, 1.54) is 11.9 Å². The average molecular weight is 334 g/mol. The van der Waals surface area contributed by atoms with E-state index in [9.17, 15) is 0 Å². The summed E-state index contributed by atoms with van der Waals surface area (Å²) in [6.45, 7) is 4.90. The van der Waals surface area contributed by atoms with Gasteiger partial charge in [0, 0.05) is 12.2 Å². The molecule has 0 aliphatic rings. The lowest BCUT2D eigenvalue weighted by Crippen LogP contribution is -2.19. The third-order valence-electron chi connectivity index (χ3n) is 4.01. The summed E-state index contributed by atoms with van der Waals surface area (Å²) in [6, 6.07) is 17.9. The summed E-state index contributed by atoms with van der Waals surface area (Å²) in [5.41, 5.74) is 9.01. The van der Waals surface area contributed by atoms with Gasteiger partial charge in [0.15, 0.2) is 5.82 Å². The number of hydrogen-bond acceptors (Lipinski definition) is 5. The second-order valence-corrected chi connectivity index (χ2v) is 5.60. The number of anilines is 3. The van der Waals surface area contributed by atoms with Crippen molar-refractivity contribution in [2.75, 3.05) is 17.2 Å². The van der Waals surface area contributed by atoms with Crippen LogP contribution in [0, 0.1) is 0 Å². The number of ether oxygens (including phenoxy) is 1. The van der Waals surface area contributed by atoms with Crippen LogP contribution in [0.25, 0.3) is 0 Å². The number of aromatic nitrogens is 2. The topological polar surface area (TPSA) is 64.3 Å². The lowest BCUT2D eigenvalue weighted by molar-refractivity contribution is 0.464. The van der Waals surface area contributed by atoms with Crippen molar-refractivity contribution in [3.05, 3.63) is 66.5 Å².